The second-order valence-electron chi connectivity index (χ2n) is 5.51. The lowest BCUT2D eigenvalue weighted by molar-refractivity contribution is 0.0998. The van der Waals surface area contributed by atoms with Crippen LogP contribution in [0.3, 0.4) is 0 Å². The maximum atomic E-state index is 12.5. The first-order chi connectivity index (χ1) is 12.1. The van der Waals surface area contributed by atoms with Crippen molar-refractivity contribution in [3.63, 3.8) is 0 Å². The highest BCUT2D eigenvalue weighted by Crippen LogP contribution is 2.28. The van der Waals surface area contributed by atoms with Crippen LogP contribution in [0.15, 0.2) is 59.4 Å². The van der Waals surface area contributed by atoms with Gasteiger partial charge in [-0.1, -0.05) is 11.6 Å². The van der Waals surface area contributed by atoms with E-state index in [2.05, 4.69) is 15.4 Å². The quantitative estimate of drug-likeness (QED) is 0.599. The van der Waals surface area contributed by atoms with Gasteiger partial charge in [0.1, 0.15) is 5.58 Å². The van der Waals surface area contributed by atoms with Gasteiger partial charge >= 0.3 is 0 Å². The lowest BCUT2D eigenvalue weighted by Crippen LogP contribution is -2.12. The van der Waals surface area contributed by atoms with E-state index in [1.165, 1.54) is 0 Å². The van der Waals surface area contributed by atoms with Crippen molar-refractivity contribution in [3.05, 3.63) is 71.3 Å². The van der Waals surface area contributed by atoms with Crippen LogP contribution in [0.4, 0.5) is 5.69 Å². The first-order valence-electron chi connectivity index (χ1n) is 7.58. The van der Waals surface area contributed by atoms with Gasteiger partial charge < -0.3 is 9.73 Å². The second kappa shape index (κ2) is 6.07. The molecule has 0 fully saturated rings. The predicted molar refractivity (Wildman–Crippen MR) is 95.3 cm³/mol. The SMILES string of the molecule is Cc1c(C(=O)Nc2ccc(-n3cccn3)nc2)oc2ccc(Cl)cc12. The van der Waals surface area contributed by atoms with E-state index in [9.17, 15) is 4.79 Å². The Morgan fingerprint density at radius 2 is 2.16 bits per heavy atom. The smallest absolute Gasteiger partial charge is 0.291 e. The summed E-state index contributed by atoms with van der Waals surface area (Å²) in [6.07, 6.45) is 5.04. The lowest BCUT2D eigenvalue weighted by Gasteiger charge is -2.05. The molecule has 25 heavy (non-hydrogen) atoms. The van der Waals surface area contributed by atoms with E-state index in [1.54, 1.807) is 53.6 Å². The zero-order valence-corrected chi connectivity index (χ0v) is 14.0. The van der Waals surface area contributed by atoms with Crippen LogP contribution in [0.5, 0.6) is 0 Å². The number of furan rings is 1. The van der Waals surface area contributed by atoms with Gasteiger partial charge in [0.25, 0.3) is 5.91 Å². The van der Waals surface area contributed by atoms with Gasteiger partial charge in [0.15, 0.2) is 11.6 Å². The summed E-state index contributed by atoms with van der Waals surface area (Å²) in [5.41, 5.74) is 1.94. The van der Waals surface area contributed by atoms with Crippen LogP contribution in [-0.4, -0.2) is 20.7 Å². The van der Waals surface area contributed by atoms with Crippen molar-refractivity contribution in [3.8, 4) is 5.82 Å². The van der Waals surface area contributed by atoms with Crippen LogP contribution in [-0.2, 0) is 0 Å². The summed E-state index contributed by atoms with van der Waals surface area (Å²) in [6.45, 7) is 1.83. The molecule has 0 saturated heterocycles. The fourth-order valence-corrected chi connectivity index (χ4v) is 2.77. The Morgan fingerprint density at radius 3 is 2.88 bits per heavy atom. The minimum Gasteiger partial charge on any atom is -0.451 e. The summed E-state index contributed by atoms with van der Waals surface area (Å²) in [7, 11) is 0. The summed E-state index contributed by atoms with van der Waals surface area (Å²) < 4.78 is 7.30. The molecule has 0 bridgehead atoms. The molecule has 1 aromatic carbocycles. The predicted octanol–water partition coefficient (Wildman–Crippen LogP) is 4.23. The first-order valence-corrected chi connectivity index (χ1v) is 7.96. The molecule has 0 radical (unpaired) electrons. The molecular weight excluding hydrogens is 340 g/mol. The molecule has 4 rings (SSSR count). The van der Waals surface area contributed by atoms with Crippen LogP contribution >= 0.6 is 11.6 Å². The van der Waals surface area contributed by atoms with Crippen molar-refractivity contribution in [2.75, 3.05) is 5.32 Å². The minimum atomic E-state index is -0.335. The van der Waals surface area contributed by atoms with Gasteiger partial charge in [0.05, 0.1) is 11.9 Å². The Balaban J connectivity index is 1.59. The Labute approximate surface area is 148 Å². The molecule has 0 aliphatic rings. The number of carbonyl (C=O) groups excluding carboxylic acids is 1. The van der Waals surface area contributed by atoms with Crippen molar-refractivity contribution < 1.29 is 9.21 Å². The van der Waals surface area contributed by atoms with Gasteiger partial charge in [0, 0.05) is 28.4 Å². The molecule has 0 spiro atoms. The van der Waals surface area contributed by atoms with Crippen molar-refractivity contribution >= 4 is 34.2 Å². The molecule has 0 unspecified atom stereocenters. The van der Waals surface area contributed by atoms with E-state index in [4.69, 9.17) is 16.0 Å². The van der Waals surface area contributed by atoms with Crippen LogP contribution in [0.2, 0.25) is 5.02 Å². The fourth-order valence-electron chi connectivity index (χ4n) is 2.60. The molecule has 6 nitrogen and oxygen atoms in total. The number of nitrogens with one attached hydrogen (secondary N) is 1. The monoisotopic (exact) mass is 352 g/mol. The van der Waals surface area contributed by atoms with Crippen molar-refractivity contribution in [2.24, 2.45) is 0 Å². The van der Waals surface area contributed by atoms with Gasteiger partial charge in [-0.15, -0.1) is 0 Å². The topological polar surface area (TPSA) is 73.0 Å². The van der Waals surface area contributed by atoms with Crippen molar-refractivity contribution in [1.29, 1.82) is 0 Å². The third-order valence-corrected chi connectivity index (χ3v) is 4.08. The van der Waals surface area contributed by atoms with Crippen LogP contribution in [0, 0.1) is 6.92 Å². The standard InChI is InChI=1S/C18H13ClN4O2/c1-11-14-9-12(19)3-5-15(14)25-17(11)18(24)22-13-4-6-16(20-10-13)23-8-2-7-21-23/h2-10H,1H3,(H,22,24). The summed E-state index contributed by atoms with van der Waals surface area (Å²) in [4.78, 5) is 16.8. The Bertz CT molecular complexity index is 1050. The van der Waals surface area contributed by atoms with Gasteiger partial charge in [-0.3, -0.25) is 4.79 Å². The highest BCUT2D eigenvalue weighted by atomic mass is 35.5. The minimum absolute atomic E-state index is 0.258. The molecule has 0 saturated carbocycles. The van der Waals surface area contributed by atoms with E-state index in [0.29, 0.717) is 22.1 Å². The van der Waals surface area contributed by atoms with Gasteiger partial charge in [-0.2, -0.15) is 5.10 Å². The van der Waals surface area contributed by atoms with Gasteiger partial charge in [0.2, 0.25) is 0 Å². The van der Waals surface area contributed by atoms with Crippen LogP contribution in [0.1, 0.15) is 16.1 Å². The number of aromatic nitrogens is 3. The number of benzene rings is 1. The zero-order valence-electron chi connectivity index (χ0n) is 13.2. The molecule has 0 atom stereocenters. The average molecular weight is 353 g/mol. The maximum absolute atomic E-state index is 12.5. The Morgan fingerprint density at radius 1 is 1.28 bits per heavy atom. The molecule has 3 aromatic heterocycles. The van der Waals surface area contributed by atoms with Crippen LogP contribution < -0.4 is 5.32 Å². The highest BCUT2D eigenvalue weighted by Gasteiger charge is 2.18. The Kier molecular flexibility index (Phi) is 3.74. The Hall–Kier alpha value is -3.12. The highest BCUT2D eigenvalue weighted by molar-refractivity contribution is 6.31. The number of carbonyl (C=O) groups is 1. The number of halogens is 1. The summed E-state index contributed by atoms with van der Waals surface area (Å²) >= 11 is 6.01. The normalized spacial score (nSPS) is 11.0. The third kappa shape index (κ3) is 2.88. The van der Waals surface area contributed by atoms with E-state index < -0.39 is 0 Å². The zero-order chi connectivity index (χ0) is 17.4. The molecule has 7 heteroatoms. The number of rotatable bonds is 3. The number of nitrogens with zero attached hydrogens (tertiary/aromatic N) is 3. The van der Waals surface area contributed by atoms with E-state index in [1.807, 2.05) is 13.0 Å². The lowest BCUT2D eigenvalue weighted by atomic mass is 10.1. The number of anilines is 1. The van der Waals surface area contributed by atoms with Crippen molar-refractivity contribution in [2.45, 2.75) is 6.92 Å². The van der Waals surface area contributed by atoms with E-state index in [0.717, 1.165) is 10.9 Å². The summed E-state index contributed by atoms with van der Waals surface area (Å²) in [6, 6.07) is 10.6. The van der Waals surface area contributed by atoms with Gasteiger partial charge in [-0.25, -0.2) is 9.67 Å². The first kappa shape index (κ1) is 15.4. The molecule has 1 amide bonds. The number of fused-ring (bicyclic) bond motifs is 1. The van der Waals surface area contributed by atoms with E-state index >= 15 is 0 Å². The van der Waals surface area contributed by atoms with Crippen molar-refractivity contribution in [1.82, 2.24) is 14.8 Å². The van der Waals surface area contributed by atoms with Crippen LogP contribution in [0.25, 0.3) is 16.8 Å². The largest absolute Gasteiger partial charge is 0.451 e. The molecule has 3 heterocycles. The third-order valence-electron chi connectivity index (χ3n) is 3.85. The molecule has 0 aliphatic heterocycles. The number of hydrogen-bond donors (Lipinski definition) is 1. The fraction of sp³-hybridized carbons (Fsp3) is 0.0556. The number of pyridine rings is 1. The number of aryl methyl sites for hydroxylation is 1. The van der Waals surface area contributed by atoms with E-state index in [-0.39, 0.29) is 11.7 Å². The molecule has 124 valence electrons. The summed E-state index contributed by atoms with van der Waals surface area (Å²) in [5.74, 6) is 0.587. The molecule has 1 N–H and O–H groups in total. The second-order valence-corrected chi connectivity index (χ2v) is 5.94. The molecule has 4 aromatic rings. The summed E-state index contributed by atoms with van der Waals surface area (Å²) in [5, 5.41) is 8.32. The van der Waals surface area contributed by atoms with Gasteiger partial charge in [-0.05, 0) is 43.3 Å². The molecule has 0 aliphatic carbocycles. The average Bonchev–Trinajstić information content (AvgIpc) is 3.25. The molecular formula is C18H13ClN4O2. The number of hydrogen-bond acceptors (Lipinski definition) is 4. The maximum Gasteiger partial charge on any atom is 0.291 e. The number of amides is 1.